The first-order chi connectivity index (χ1) is 8.02. The Bertz CT molecular complexity index is 389. The van der Waals surface area contributed by atoms with Gasteiger partial charge in [-0.3, -0.25) is 9.78 Å². The highest BCUT2D eigenvalue weighted by Crippen LogP contribution is 2.16. The molecule has 1 heterocycles. The Hall–Kier alpha value is -1.62. The van der Waals surface area contributed by atoms with Crippen molar-refractivity contribution in [3.8, 4) is 5.75 Å². The van der Waals surface area contributed by atoms with Crippen molar-refractivity contribution in [2.45, 2.75) is 32.3 Å². The van der Waals surface area contributed by atoms with Gasteiger partial charge in [0.25, 0.3) is 5.91 Å². The van der Waals surface area contributed by atoms with Crippen LogP contribution in [-0.2, 0) is 0 Å². The first kappa shape index (κ1) is 13.4. The molecule has 0 aliphatic heterocycles. The second-order valence-corrected chi connectivity index (χ2v) is 4.01. The lowest BCUT2D eigenvalue weighted by molar-refractivity contribution is 0.0313. The Kier molecular flexibility index (Phi) is 4.45. The quantitative estimate of drug-likeness (QED) is 0.716. The van der Waals surface area contributed by atoms with E-state index in [1.807, 2.05) is 13.8 Å². The molecule has 0 unspecified atom stereocenters. The van der Waals surface area contributed by atoms with Crippen molar-refractivity contribution in [1.82, 2.24) is 10.3 Å². The summed E-state index contributed by atoms with van der Waals surface area (Å²) in [5.41, 5.74) is -0.729. The molecule has 0 fully saturated rings. The summed E-state index contributed by atoms with van der Waals surface area (Å²) in [6.45, 7) is 3.89. The summed E-state index contributed by atoms with van der Waals surface area (Å²) >= 11 is 0. The lowest BCUT2D eigenvalue weighted by Gasteiger charge is -2.25. The minimum Gasteiger partial charge on any atom is -0.505 e. The normalized spacial score (nSPS) is 11.2. The number of aromatic nitrogens is 1. The van der Waals surface area contributed by atoms with Gasteiger partial charge in [-0.15, -0.1) is 0 Å². The van der Waals surface area contributed by atoms with Crippen LogP contribution in [0.4, 0.5) is 0 Å². The molecule has 94 valence electrons. The Balaban J connectivity index is 2.65. The SMILES string of the molecule is CCC(O)(CC)CNC(=O)c1ccncc1O. The average Bonchev–Trinajstić information content (AvgIpc) is 2.36. The summed E-state index contributed by atoms with van der Waals surface area (Å²) in [5.74, 6) is -0.577. The first-order valence-electron chi connectivity index (χ1n) is 5.66. The van der Waals surface area contributed by atoms with E-state index in [1.165, 1.54) is 18.5 Å². The second-order valence-electron chi connectivity index (χ2n) is 4.01. The number of hydrogen-bond donors (Lipinski definition) is 3. The smallest absolute Gasteiger partial charge is 0.255 e. The van der Waals surface area contributed by atoms with E-state index >= 15 is 0 Å². The number of nitrogens with zero attached hydrogens (tertiary/aromatic N) is 1. The van der Waals surface area contributed by atoms with Gasteiger partial charge < -0.3 is 15.5 Å². The fourth-order valence-corrected chi connectivity index (χ4v) is 1.42. The largest absolute Gasteiger partial charge is 0.505 e. The number of amides is 1. The van der Waals surface area contributed by atoms with Gasteiger partial charge in [0.2, 0.25) is 0 Å². The maximum Gasteiger partial charge on any atom is 0.255 e. The van der Waals surface area contributed by atoms with E-state index in [-0.39, 0.29) is 17.9 Å². The van der Waals surface area contributed by atoms with Gasteiger partial charge in [-0.05, 0) is 18.9 Å². The second kappa shape index (κ2) is 5.63. The molecule has 0 spiro atoms. The number of aliphatic hydroxyl groups is 1. The van der Waals surface area contributed by atoms with Gasteiger partial charge in [0.1, 0.15) is 5.75 Å². The Labute approximate surface area is 101 Å². The zero-order valence-corrected chi connectivity index (χ0v) is 10.1. The van der Waals surface area contributed by atoms with Crippen LogP contribution < -0.4 is 5.32 Å². The van der Waals surface area contributed by atoms with Gasteiger partial charge >= 0.3 is 0 Å². The molecule has 0 aliphatic carbocycles. The molecule has 0 saturated carbocycles. The topological polar surface area (TPSA) is 82.5 Å². The number of nitrogens with one attached hydrogen (secondary N) is 1. The van der Waals surface area contributed by atoms with Crippen molar-refractivity contribution in [3.63, 3.8) is 0 Å². The minimum atomic E-state index is -0.891. The van der Waals surface area contributed by atoms with Crippen molar-refractivity contribution in [3.05, 3.63) is 24.0 Å². The number of carbonyl (C=O) groups excluding carboxylic acids is 1. The molecule has 1 aromatic rings. The highest BCUT2D eigenvalue weighted by Gasteiger charge is 2.23. The van der Waals surface area contributed by atoms with Crippen LogP contribution in [0.3, 0.4) is 0 Å². The fourth-order valence-electron chi connectivity index (χ4n) is 1.42. The Morgan fingerprint density at radius 3 is 2.65 bits per heavy atom. The van der Waals surface area contributed by atoms with Gasteiger partial charge in [0.05, 0.1) is 17.4 Å². The summed E-state index contributed by atoms with van der Waals surface area (Å²) in [6, 6.07) is 1.43. The van der Waals surface area contributed by atoms with Gasteiger partial charge in [0.15, 0.2) is 0 Å². The molecule has 0 bridgehead atoms. The zero-order valence-electron chi connectivity index (χ0n) is 10.1. The van der Waals surface area contributed by atoms with Crippen LogP contribution >= 0.6 is 0 Å². The van der Waals surface area contributed by atoms with Gasteiger partial charge in [0, 0.05) is 12.7 Å². The van der Waals surface area contributed by atoms with Crippen LogP contribution in [0, 0.1) is 0 Å². The molecule has 17 heavy (non-hydrogen) atoms. The van der Waals surface area contributed by atoms with Crippen molar-refractivity contribution >= 4 is 5.91 Å². The molecule has 1 amide bonds. The van der Waals surface area contributed by atoms with E-state index in [9.17, 15) is 15.0 Å². The molecule has 5 nitrogen and oxygen atoms in total. The molecule has 0 saturated heterocycles. The summed E-state index contributed by atoms with van der Waals surface area (Å²) in [4.78, 5) is 15.4. The van der Waals surface area contributed by atoms with Crippen LogP contribution in [0.5, 0.6) is 5.75 Å². The van der Waals surface area contributed by atoms with E-state index in [2.05, 4.69) is 10.3 Å². The van der Waals surface area contributed by atoms with Crippen molar-refractivity contribution < 1.29 is 15.0 Å². The maximum absolute atomic E-state index is 11.7. The van der Waals surface area contributed by atoms with Crippen LogP contribution in [0.2, 0.25) is 0 Å². The standard InChI is InChI=1S/C12H18N2O3/c1-3-12(17,4-2)8-14-11(16)9-5-6-13-7-10(9)15/h5-7,15,17H,3-4,8H2,1-2H3,(H,14,16). The number of pyridine rings is 1. The van der Waals surface area contributed by atoms with E-state index in [0.717, 1.165) is 0 Å². The highest BCUT2D eigenvalue weighted by molar-refractivity contribution is 5.96. The summed E-state index contributed by atoms with van der Waals surface area (Å²) in [5, 5.41) is 22.0. The predicted molar refractivity (Wildman–Crippen MR) is 63.8 cm³/mol. The van der Waals surface area contributed by atoms with Crippen LogP contribution in [0.25, 0.3) is 0 Å². The third-order valence-corrected chi connectivity index (χ3v) is 2.94. The van der Waals surface area contributed by atoms with E-state index in [0.29, 0.717) is 12.8 Å². The molecule has 1 rings (SSSR count). The third kappa shape index (κ3) is 3.42. The third-order valence-electron chi connectivity index (χ3n) is 2.94. The zero-order chi connectivity index (χ0) is 12.9. The minimum absolute atomic E-state index is 0.162. The van der Waals surface area contributed by atoms with E-state index in [4.69, 9.17) is 0 Å². The maximum atomic E-state index is 11.7. The number of carbonyl (C=O) groups is 1. The molecular weight excluding hydrogens is 220 g/mol. The average molecular weight is 238 g/mol. The highest BCUT2D eigenvalue weighted by atomic mass is 16.3. The number of aromatic hydroxyl groups is 1. The molecule has 0 radical (unpaired) electrons. The van der Waals surface area contributed by atoms with E-state index in [1.54, 1.807) is 0 Å². The molecule has 0 atom stereocenters. The summed E-state index contributed by atoms with van der Waals surface area (Å²) < 4.78 is 0. The van der Waals surface area contributed by atoms with Crippen molar-refractivity contribution in [2.24, 2.45) is 0 Å². The van der Waals surface area contributed by atoms with Gasteiger partial charge in [-0.25, -0.2) is 0 Å². The van der Waals surface area contributed by atoms with Gasteiger partial charge in [-0.1, -0.05) is 13.8 Å². The van der Waals surface area contributed by atoms with E-state index < -0.39 is 11.5 Å². The van der Waals surface area contributed by atoms with Crippen molar-refractivity contribution in [1.29, 1.82) is 0 Å². The molecule has 3 N–H and O–H groups in total. The molecular formula is C12H18N2O3. The first-order valence-corrected chi connectivity index (χ1v) is 5.66. The summed E-state index contributed by atoms with van der Waals surface area (Å²) in [6.07, 6.45) is 3.76. The van der Waals surface area contributed by atoms with Crippen LogP contribution in [0.15, 0.2) is 18.5 Å². The monoisotopic (exact) mass is 238 g/mol. The molecule has 5 heteroatoms. The number of rotatable bonds is 5. The summed E-state index contributed by atoms with van der Waals surface area (Å²) in [7, 11) is 0. The Morgan fingerprint density at radius 1 is 1.47 bits per heavy atom. The lowest BCUT2D eigenvalue weighted by atomic mass is 9.97. The molecule has 0 aliphatic rings. The predicted octanol–water partition coefficient (Wildman–Crippen LogP) is 1.07. The Morgan fingerprint density at radius 2 is 2.12 bits per heavy atom. The lowest BCUT2D eigenvalue weighted by Crippen LogP contribution is -2.42. The van der Waals surface area contributed by atoms with Crippen molar-refractivity contribution in [2.75, 3.05) is 6.54 Å². The molecule has 1 aromatic heterocycles. The van der Waals surface area contributed by atoms with Crippen LogP contribution in [-0.4, -0.2) is 33.3 Å². The van der Waals surface area contributed by atoms with Crippen LogP contribution in [0.1, 0.15) is 37.0 Å². The fraction of sp³-hybridized carbons (Fsp3) is 0.500. The van der Waals surface area contributed by atoms with Gasteiger partial charge in [-0.2, -0.15) is 0 Å². The number of hydrogen-bond acceptors (Lipinski definition) is 4. The molecule has 0 aromatic carbocycles.